The average molecular weight is 493 g/mol. The lowest BCUT2D eigenvalue weighted by Gasteiger charge is -2.29. The van der Waals surface area contributed by atoms with E-state index in [0.717, 1.165) is 17.2 Å². The highest BCUT2D eigenvalue weighted by Gasteiger charge is 2.33. The molecule has 180 valence electrons. The minimum Gasteiger partial charge on any atom is -0.493 e. The number of alkyl halides is 3. The van der Waals surface area contributed by atoms with E-state index in [1.165, 1.54) is 50.0 Å². The van der Waals surface area contributed by atoms with Crippen LogP contribution in [0.1, 0.15) is 40.3 Å². The van der Waals surface area contributed by atoms with Crippen molar-refractivity contribution < 1.29 is 31.1 Å². The second-order valence-corrected chi connectivity index (χ2v) is 9.99. The molecule has 0 radical (unpaired) electrons. The summed E-state index contributed by atoms with van der Waals surface area (Å²) in [7, 11) is -2.18. The van der Waals surface area contributed by atoms with Gasteiger partial charge >= 0.3 is 6.18 Å². The zero-order chi connectivity index (χ0) is 24.3. The number of hydrogen-bond donors (Lipinski definition) is 0. The molecule has 3 aromatic rings. The fraction of sp³-hybridized carbons (Fsp3) is 0.333. The van der Waals surface area contributed by atoms with Crippen LogP contribution in [0.4, 0.5) is 13.2 Å². The monoisotopic (exact) mass is 492 g/mol. The first-order chi connectivity index (χ1) is 16.2. The number of ether oxygens (including phenoxy) is 2. The molecule has 4 rings (SSSR count). The summed E-state index contributed by atoms with van der Waals surface area (Å²) in [5.41, 5.74) is 1.71. The van der Waals surface area contributed by atoms with Crippen LogP contribution in [0.25, 0.3) is 0 Å². The Bertz CT molecular complexity index is 1260. The first-order valence-electron chi connectivity index (χ1n) is 10.6. The van der Waals surface area contributed by atoms with Crippen LogP contribution in [0, 0.1) is 0 Å². The van der Waals surface area contributed by atoms with Gasteiger partial charge in [0.1, 0.15) is 12.1 Å². The predicted molar refractivity (Wildman–Crippen MR) is 118 cm³/mol. The van der Waals surface area contributed by atoms with Crippen molar-refractivity contribution in [1.82, 2.24) is 9.97 Å². The van der Waals surface area contributed by atoms with Crippen LogP contribution in [0.2, 0.25) is 0 Å². The molecule has 0 saturated heterocycles. The summed E-state index contributed by atoms with van der Waals surface area (Å²) in [5.74, 6) is -0.0910. The second-order valence-electron chi connectivity index (χ2n) is 8.00. The van der Waals surface area contributed by atoms with Crippen molar-refractivity contribution in [2.75, 3.05) is 20.3 Å². The number of hydrogen-bond acceptors (Lipinski definition) is 6. The zero-order valence-corrected chi connectivity index (χ0v) is 19.2. The summed E-state index contributed by atoms with van der Waals surface area (Å²) < 4.78 is 76.6. The molecule has 1 aliphatic heterocycles. The van der Waals surface area contributed by atoms with E-state index in [4.69, 9.17) is 9.47 Å². The van der Waals surface area contributed by atoms with Gasteiger partial charge in [-0.1, -0.05) is 12.1 Å². The van der Waals surface area contributed by atoms with Gasteiger partial charge in [0.15, 0.2) is 9.84 Å². The molecule has 0 aliphatic carbocycles. The summed E-state index contributed by atoms with van der Waals surface area (Å²) in [5, 5.41) is 0. The van der Waals surface area contributed by atoms with Gasteiger partial charge in [-0.05, 0) is 54.3 Å². The van der Waals surface area contributed by atoms with Crippen LogP contribution >= 0.6 is 0 Å². The number of methoxy groups -OCH3 is 1. The molecule has 1 atom stereocenters. The maximum absolute atomic E-state index is 13.3. The van der Waals surface area contributed by atoms with Crippen LogP contribution in [0.15, 0.2) is 59.9 Å². The standard InChI is InChI=1S/C24H23F3N2O4S/c1-32-10-7-16-12-17(24(25,26)27)2-4-20(16)21-8-11-33-23-13-19(3-5-22(21)23)34(30,31)14-18-6-9-28-15-29-18/h2-6,9,12-13,15,21H,7-8,10-11,14H2,1H3/t21-/m1/s1. The van der Waals surface area contributed by atoms with Gasteiger partial charge in [0.25, 0.3) is 0 Å². The van der Waals surface area contributed by atoms with E-state index in [0.29, 0.717) is 36.5 Å². The van der Waals surface area contributed by atoms with Crippen LogP contribution in [0.5, 0.6) is 5.75 Å². The summed E-state index contributed by atoms with van der Waals surface area (Å²) >= 11 is 0. The molecule has 2 heterocycles. The molecule has 0 unspecified atom stereocenters. The fourth-order valence-corrected chi connectivity index (χ4v) is 5.41. The minimum absolute atomic E-state index is 0.0949. The highest BCUT2D eigenvalue weighted by atomic mass is 32.2. The lowest BCUT2D eigenvalue weighted by atomic mass is 9.83. The number of fused-ring (bicyclic) bond motifs is 1. The van der Waals surface area contributed by atoms with Gasteiger partial charge in [-0.2, -0.15) is 13.2 Å². The topological polar surface area (TPSA) is 78.4 Å². The summed E-state index contributed by atoms with van der Waals surface area (Å²) in [6.07, 6.45) is -0.791. The third-order valence-electron chi connectivity index (χ3n) is 5.79. The smallest absolute Gasteiger partial charge is 0.416 e. The summed E-state index contributed by atoms with van der Waals surface area (Å²) in [6.45, 7) is 0.600. The Morgan fingerprint density at radius 3 is 2.62 bits per heavy atom. The molecular weight excluding hydrogens is 469 g/mol. The highest BCUT2D eigenvalue weighted by molar-refractivity contribution is 7.90. The molecule has 0 N–H and O–H groups in total. The minimum atomic E-state index is -4.44. The van der Waals surface area contributed by atoms with Gasteiger partial charge in [0, 0.05) is 24.8 Å². The first-order valence-corrected chi connectivity index (χ1v) is 12.3. The van der Waals surface area contributed by atoms with Crippen molar-refractivity contribution >= 4 is 9.84 Å². The van der Waals surface area contributed by atoms with Crippen molar-refractivity contribution in [3.8, 4) is 5.75 Å². The lowest BCUT2D eigenvalue weighted by Crippen LogP contribution is -2.18. The Labute approximate surface area is 195 Å². The molecule has 34 heavy (non-hydrogen) atoms. The zero-order valence-electron chi connectivity index (χ0n) is 18.4. The maximum atomic E-state index is 13.3. The Hall–Kier alpha value is -2.98. The molecule has 6 nitrogen and oxygen atoms in total. The molecule has 0 amide bonds. The molecule has 0 saturated carbocycles. The Morgan fingerprint density at radius 1 is 1.12 bits per heavy atom. The van der Waals surface area contributed by atoms with E-state index in [1.807, 2.05) is 0 Å². The van der Waals surface area contributed by atoms with Crippen LogP contribution in [-0.2, 0) is 32.9 Å². The van der Waals surface area contributed by atoms with Crippen LogP contribution in [-0.4, -0.2) is 38.7 Å². The normalized spacial score (nSPS) is 16.1. The number of aromatic nitrogens is 2. The largest absolute Gasteiger partial charge is 0.493 e. The van der Waals surface area contributed by atoms with Crippen molar-refractivity contribution in [2.24, 2.45) is 0 Å². The molecule has 2 aromatic carbocycles. The van der Waals surface area contributed by atoms with E-state index >= 15 is 0 Å². The number of halogens is 3. The van der Waals surface area contributed by atoms with E-state index in [1.54, 1.807) is 6.07 Å². The van der Waals surface area contributed by atoms with Crippen molar-refractivity contribution in [1.29, 1.82) is 0 Å². The fourth-order valence-electron chi connectivity index (χ4n) is 4.12. The molecule has 1 aliphatic rings. The van der Waals surface area contributed by atoms with Crippen molar-refractivity contribution in [2.45, 2.75) is 35.6 Å². The number of sulfone groups is 1. The average Bonchev–Trinajstić information content (AvgIpc) is 2.81. The van der Waals surface area contributed by atoms with Gasteiger partial charge < -0.3 is 9.47 Å². The van der Waals surface area contributed by atoms with Crippen molar-refractivity contribution in [3.63, 3.8) is 0 Å². The number of benzene rings is 2. The van der Waals surface area contributed by atoms with Crippen LogP contribution < -0.4 is 4.74 Å². The van der Waals surface area contributed by atoms with E-state index < -0.39 is 21.6 Å². The Balaban J connectivity index is 1.69. The van der Waals surface area contributed by atoms with Gasteiger partial charge in [0.05, 0.1) is 35.1 Å². The van der Waals surface area contributed by atoms with E-state index in [9.17, 15) is 21.6 Å². The lowest BCUT2D eigenvalue weighted by molar-refractivity contribution is -0.137. The first kappa shape index (κ1) is 24.2. The Kier molecular flexibility index (Phi) is 6.90. The molecule has 0 spiro atoms. The molecule has 0 fully saturated rings. The van der Waals surface area contributed by atoms with Gasteiger partial charge in [0.2, 0.25) is 0 Å². The third-order valence-corrected chi connectivity index (χ3v) is 7.43. The SMILES string of the molecule is COCCc1cc(C(F)(F)F)ccc1[C@H]1CCOc2cc(S(=O)(=O)Cc3ccncn3)ccc21. The maximum Gasteiger partial charge on any atom is 0.416 e. The highest BCUT2D eigenvalue weighted by Crippen LogP contribution is 2.42. The van der Waals surface area contributed by atoms with Gasteiger partial charge in [-0.25, -0.2) is 18.4 Å². The Morgan fingerprint density at radius 2 is 1.91 bits per heavy atom. The molecule has 10 heteroatoms. The van der Waals surface area contributed by atoms with Crippen LogP contribution in [0.3, 0.4) is 0 Å². The summed E-state index contributed by atoms with van der Waals surface area (Å²) in [4.78, 5) is 7.86. The number of nitrogens with zero attached hydrogens (tertiary/aromatic N) is 2. The molecular formula is C24H23F3N2O4S. The molecule has 1 aromatic heterocycles. The van der Waals surface area contributed by atoms with Crippen molar-refractivity contribution in [3.05, 3.63) is 82.9 Å². The predicted octanol–water partition coefficient (Wildman–Crippen LogP) is 4.57. The van der Waals surface area contributed by atoms with Gasteiger partial charge in [-0.3, -0.25) is 0 Å². The third kappa shape index (κ3) is 5.23. The second kappa shape index (κ2) is 9.71. The number of rotatable bonds is 7. The van der Waals surface area contributed by atoms with Gasteiger partial charge in [-0.15, -0.1) is 0 Å². The quantitative estimate of drug-likeness (QED) is 0.481. The molecule has 0 bridgehead atoms. The summed E-state index contributed by atoms with van der Waals surface area (Å²) in [6, 6.07) is 9.98. The van der Waals surface area contributed by atoms with E-state index in [-0.39, 0.29) is 23.2 Å². The van der Waals surface area contributed by atoms with E-state index in [2.05, 4.69) is 9.97 Å².